The van der Waals surface area contributed by atoms with Crippen molar-refractivity contribution in [3.63, 3.8) is 0 Å². The molecule has 96 valence electrons. The van der Waals surface area contributed by atoms with E-state index < -0.39 is 0 Å². The van der Waals surface area contributed by atoms with E-state index in [0.717, 1.165) is 17.9 Å². The average Bonchev–Trinajstić information content (AvgIpc) is 2.91. The molecule has 0 spiro atoms. The van der Waals surface area contributed by atoms with E-state index in [0.29, 0.717) is 11.9 Å². The molecule has 0 amide bonds. The van der Waals surface area contributed by atoms with Crippen LogP contribution in [0.5, 0.6) is 0 Å². The minimum Gasteiger partial charge on any atom is -0.355 e. The summed E-state index contributed by atoms with van der Waals surface area (Å²) in [6, 6.07) is 4.64. The minimum absolute atomic E-state index is 0.389. The fraction of sp³-hybridized carbons (Fsp3) is 0.385. The summed E-state index contributed by atoms with van der Waals surface area (Å²) >= 11 is 7.49. The van der Waals surface area contributed by atoms with Crippen molar-refractivity contribution >= 4 is 28.8 Å². The molecular weight excluding hydrogens is 266 g/mol. The molecule has 2 aromatic heterocycles. The van der Waals surface area contributed by atoms with Gasteiger partial charge in [-0.3, -0.25) is 4.98 Å². The zero-order valence-corrected chi connectivity index (χ0v) is 12.1. The van der Waals surface area contributed by atoms with E-state index in [9.17, 15) is 0 Å². The van der Waals surface area contributed by atoms with Crippen molar-refractivity contribution in [3.8, 4) is 0 Å². The van der Waals surface area contributed by atoms with Crippen molar-refractivity contribution in [2.45, 2.75) is 25.3 Å². The molecule has 0 bridgehead atoms. The van der Waals surface area contributed by atoms with Crippen molar-refractivity contribution < 1.29 is 0 Å². The normalized spacial score (nSPS) is 12.4. The summed E-state index contributed by atoms with van der Waals surface area (Å²) in [6.45, 7) is 2.19. The predicted octanol–water partition coefficient (Wildman–Crippen LogP) is 3.34. The highest BCUT2D eigenvalue weighted by Crippen LogP contribution is 2.17. The number of likely N-dealkylation sites (N-methyl/N-ethyl adjacent to an activating group) is 1. The Hall–Kier alpha value is -1.13. The Kier molecular flexibility index (Phi) is 4.55. The van der Waals surface area contributed by atoms with Crippen LogP contribution in [-0.4, -0.2) is 23.1 Å². The lowest BCUT2D eigenvalue weighted by Gasteiger charge is -2.25. The van der Waals surface area contributed by atoms with Crippen LogP contribution in [0.1, 0.15) is 17.5 Å². The van der Waals surface area contributed by atoms with Gasteiger partial charge in [0.2, 0.25) is 0 Å². The summed E-state index contributed by atoms with van der Waals surface area (Å²) in [5.41, 5.74) is 0.805. The lowest BCUT2D eigenvalue weighted by atomic mass is 10.2. The molecule has 0 aliphatic heterocycles. The first-order valence-corrected chi connectivity index (χ1v) is 7.24. The first-order chi connectivity index (χ1) is 8.70. The van der Waals surface area contributed by atoms with Crippen molar-refractivity contribution in [1.29, 1.82) is 0 Å². The van der Waals surface area contributed by atoms with Crippen molar-refractivity contribution in [2.24, 2.45) is 0 Å². The van der Waals surface area contributed by atoms with Gasteiger partial charge in [-0.05, 0) is 18.4 Å². The van der Waals surface area contributed by atoms with Gasteiger partial charge in [-0.25, -0.2) is 4.98 Å². The van der Waals surface area contributed by atoms with Gasteiger partial charge in [0.1, 0.15) is 5.82 Å². The molecule has 0 saturated heterocycles. The molecular formula is C13H16ClN3S. The lowest BCUT2D eigenvalue weighted by molar-refractivity contribution is 0.678. The van der Waals surface area contributed by atoms with Crippen LogP contribution in [0.25, 0.3) is 0 Å². The standard InChI is InChI=1S/C13H16ClN3S/c1-10(6-12-4-3-5-18-12)17(2)13-9-15-11(7-14)8-16-13/h3-5,8-10H,6-7H2,1-2H3. The van der Waals surface area contributed by atoms with Gasteiger partial charge in [0.05, 0.1) is 24.0 Å². The number of thiophene rings is 1. The van der Waals surface area contributed by atoms with Crippen molar-refractivity contribution in [3.05, 3.63) is 40.5 Å². The molecule has 0 aromatic carbocycles. The fourth-order valence-corrected chi connectivity index (χ4v) is 2.65. The monoisotopic (exact) mass is 281 g/mol. The van der Waals surface area contributed by atoms with E-state index in [1.165, 1.54) is 4.88 Å². The quantitative estimate of drug-likeness (QED) is 0.787. The molecule has 0 aliphatic carbocycles. The molecule has 0 saturated carbocycles. The maximum Gasteiger partial charge on any atom is 0.147 e. The van der Waals surface area contributed by atoms with Crippen LogP contribution < -0.4 is 4.90 Å². The van der Waals surface area contributed by atoms with Crippen molar-refractivity contribution in [2.75, 3.05) is 11.9 Å². The largest absolute Gasteiger partial charge is 0.355 e. The fourth-order valence-electron chi connectivity index (χ4n) is 1.68. The second kappa shape index (κ2) is 6.16. The number of aromatic nitrogens is 2. The Bertz CT molecular complexity index is 469. The summed E-state index contributed by atoms with van der Waals surface area (Å²) in [7, 11) is 2.04. The number of rotatable bonds is 5. The molecule has 2 rings (SSSR count). The van der Waals surface area contributed by atoms with Crippen LogP contribution in [0.4, 0.5) is 5.82 Å². The maximum atomic E-state index is 5.70. The highest BCUT2D eigenvalue weighted by Gasteiger charge is 2.12. The number of hydrogen-bond acceptors (Lipinski definition) is 4. The Balaban J connectivity index is 2.02. The number of anilines is 1. The lowest BCUT2D eigenvalue weighted by Crippen LogP contribution is -2.31. The maximum absolute atomic E-state index is 5.70. The number of hydrogen-bond donors (Lipinski definition) is 0. The second-order valence-electron chi connectivity index (χ2n) is 4.24. The third kappa shape index (κ3) is 3.21. The average molecular weight is 282 g/mol. The molecule has 18 heavy (non-hydrogen) atoms. The van der Waals surface area contributed by atoms with E-state index in [4.69, 9.17) is 11.6 Å². The molecule has 0 radical (unpaired) electrons. The van der Waals surface area contributed by atoms with Crippen LogP contribution in [0.2, 0.25) is 0 Å². The molecule has 1 atom stereocenters. The number of nitrogens with zero attached hydrogens (tertiary/aromatic N) is 3. The third-order valence-corrected chi connectivity index (χ3v) is 4.10. The molecule has 0 N–H and O–H groups in total. The predicted molar refractivity (Wildman–Crippen MR) is 77.5 cm³/mol. The Morgan fingerprint density at radius 2 is 2.22 bits per heavy atom. The van der Waals surface area contributed by atoms with Crippen molar-refractivity contribution in [1.82, 2.24) is 9.97 Å². The molecule has 3 nitrogen and oxygen atoms in total. The zero-order chi connectivity index (χ0) is 13.0. The van der Waals surface area contributed by atoms with Gasteiger partial charge in [-0.15, -0.1) is 22.9 Å². The van der Waals surface area contributed by atoms with E-state index in [-0.39, 0.29) is 0 Å². The van der Waals surface area contributed by atoms with Gasteiger partial charge in [-0.2, -0.15) is 0 Å². The summed E-state index contributed by atoms with van der Waals surface area (Å²) in [4.78, 5) is 12.2. The van der Waals surface area contributed by atoms with Crippen LogP contribution in [0, 0.1) is 0 Å². The summed E-state index contributed by atoms with van der Waals surface area (Å²) < 4.78 is 0. The highest BCUT2D eigenvalue weighted by molar-refractivity contribution is 7.09. The SMILES string of the molecule is CC(Cc1cccs1)N(C)c1cnc(CCl)cn1. The molecule has 1 unspecified atom stereocenters. The topological polar surface area (TPSA) is 29.0 Å². The Labute approximate surface area is 116 Å². The second-order valence-corrected chi connectivity index (χ2v) is 5.54. The van der Waals surface area contributed by atoms with Crippen LogP contribution in [-0.2, 0) is 12.3 Å². The van der Waals surface area contributed by atoms with Gasteiger partial charge in [0.15, 0.2) is 0 Å². The van der Waals surface area contributed by atoms with Gasteiger partial charge in [0.25, 0.3) is 0 Å². The molecule has 2 heterocycles. The van der Waals surface area contributed by atoms with Gasteiger partial charge in [-0.1, -0.05) is 6.07 Å². The van der Waals surface area contributed by atoms with Crippen LogP contribution >= 0.6 is 22.9 Å². The Morgan fingerprint density at radius 1 is 1.39 bits per heavy atom. The van der Waals surface area contributed by atoms with Gasteiger partial charge in [0, 0.05) is 24.4 Å². The highest BCUT2D eigenvalue weighted by atomic mass is 35.5. The Morgan fingerprint density at radius 3 is 2.78 bits per heavy atom. The van der Waals surface area contributed by atoms with E-state index >= 15 is 0 Å². The van der Waals surface area contributed by atoms with Gasteiger partial charge < -0.3 is 4.90 Å². The molecule has 0 fully saturated rings. The van der Waals surface area contributed by atoms with E-state index in [1.54, 1.807) is 23.7 Å². The van der Waals surface area contributed by atoms with Crippen LogP contribution in [0.15, 0.2) is 29.9 Å². The number of alkyl halides is 1. The van der Waals surface area contributed by atoms with Gasteiger partial charge >= 0.3 is 0 Å². The minimum atomic E-state index is 0.389. The molecule has 5 heteroatoms. The summed E-state index contributed by atoms with van der Waals surface area (Å²) in [6.07, 6.45) is 4.53. The number of halogens is 1. The van der Waals surface area contributed by atoms with Crippen LogP contribution in [0.3, 0.4) is 0 Å². The molecule has 2 aromatic rings. The first-order valence-electron chi connectivity index (χ1n) is 5.83. The zero-order valence-electron chi connectivity index (χ0n) is 10.5. The summed E-state index contributed by atoms with van der Waals surface area (Å²) in [5.74, 6) is 1.29. The first kappa shape index (κ1) is 13.3. The third-order valence-electron chi connectivity index (χ3n) is 2.93. The van der Waals surface area contributed by atoms with E-state index in [1.807, 2.05) is 7.05 Å². The summed E-state index contributed by atoms with van der Waals surface area (Å²) in [5, 5.41) is 2.11. The van der Waals surface area contributed by atoms with E-state index in [2.05, 4.69) is 39.3 Å². The molecule has 0 aliphatic rings. The smallest absolute Gasteiger partial charge is 0.147 e.